The van der Waals surface area contributed by atoms with Crippen molar-refractivity contribution in [3.05, 3.63) is 107 Å². The van der Waals surface area contributed by atoms with Crippen molar-refractivity contribution in [3.63, 3.8) is 0 Å². The summed E-state index contributed by atoms with van der Waals surface area (Å²) in [5, 5.41) is 2.12. The van der Waals surface area contributed by atoms with Crippen LogP contribution in [0.2, 0.25) is 0 Å². The number of hydrogen-bond donors (Lipinski definition) is 0. The number of hydrogen-bond acceptors (Lipinski definition) is 2. The lowest BCUT2D eigenvalue weighted by molar-refractivity contribution is 0.286. The van der Waals surface area contributed by atoms with E-state index in [1.54, 1.807) is 6.07 Å². The maximum Gasteiger partial charge on any atom is 0.168 e. The minimum atomic E-state index is -0.263. The highest BCUT2D eigenvalue weighted by Gasteiger charge is 2.11. The van der Waals surface area contributed by atoms with Crippen LogP contribution in [-0.4, -0.2) is 0 Å². The predicted octanol–water partition coefficient (Wildman–Crippen LogP) is 7.09. The molecule has 0 heterocycles. The van der Waals surface area contributed by atoms with Gasteiger partial charge in [-0.3, -0.25) is 0 Å². The summed E-state index contributed by atoms with van der Waals surface area (Å²) in [7, 11) is 0. The van der Waals surface area contributed by atoms with E-state index in [1.165, 1.54) is 0 Å². The van der Waals surface area contributed by atoms with E-state index in [0.717, 1.165) is 34.1 Å². The molecule has 0 aliphatic rings. The number of fused-ring (bicyclic) bond motifs is 1. The number of rotatable bonds is 8. The van der Waals surface area contributed by atoms with Gasteiger partial charge in [0, 0.05) is 5.39 Å². The first-order valence-corrected chi connectivity index (χ1v) is 10.3. The second-order valence-corrected chi connectivity index (χ2v) is 7.36. The lowest BCUT2D eigenvalue weighted by Crippen LogP contribution is -2.01. The molecular weight excluding hydrogens is 375 g/mol. The van der Waals surface area contributed by atoms with Gasteiger partial charge in [0.25, 0.3) is 0 Å². The van der Waals surface area contributed by atoms with Gasteiger partial charge in [-0.15, -0.1) is 0 Å². The minimum Gasteiger partial charge on any atom is -0.488 e. The second-order valence-electron chi connectivity index (χ2n) is 7.36. The molecule has 0 atom stereocenters. The van der Waals surface area contributed by atoms with Crippen molar-refractivity contribution < 1.29 is 13.9 Å². The summed E-state index contributed by atoms with van der Waals surface area (Å²) < 4.78 is 26.6. The summed E-state index contributed by atoms with van der Waals surface area (Å²) in [4.78, 5) is 0. The summed E-state index contributed by atoms with van der Waals surface area (Å²) in [5.74, 6) is 0.831. The van der Waals surface area contributed by atoms with E-state index in [2.05, 4.69) is 12.1 Å². The first-order valence-electron chi connectivity index (χ1n) is 10.3. The van der Waals surface area contributed by atoms with Gasteiger partial charge >= 0.3 is 0 Å². The molecule has 0 aromatic heterocycles. The molecule has 0 unspecified atom stereocenters. The molecular formula is C27H25FO2. The highest BCUT2D eigenvalue weighted by molar-refractivity contribution is 5.89. The molecule has 0 aliphatic heterocycles. The van der Waals surface area contributed by atoms with Crippen LogP contribution in [0.3, 0.4) is 0 Å². The molecule has 30 heavy (non-hydrogen) atoms. The van der Waals surface area contributed by atoms with E-state index in [0.29, 0.717) is 24.3 Å². The van der Waals surface area contributed by atoms with Crippen molar-refractivity contribution in [3.8, 4) is 11.5 Å². The van der Waals surface area contributed by atoms with Crippen LogP contribution in [0.25, 0.3) is 10.8 Å². The maximum atomic E-state index is 14.7. The third-order valence-corrected chi connectivity index (χ3v) is 5.08. The topological polar surface area (TPSA) is 18.5 Å². The first kappa shape index (κ1) is 20.0. The van der Waals surface area contributed by atoms with E-state index in [9.17, 15) is 4.39 Å². The summed E-state index contributed by atoms with van der Waals surface area (Å²) in [6, 6.07) is 27.6. The molecule has 3 heteroatoms. The van der Waals surface area contributed by atoms with Crippen LogP contribution in [0.15, 0.2) is 84.9 Å². The lowest BCUT2D eigenvalue weighted by atomic mass is 10.1. The minimum absolute atomic E-state index is 0.263. The van der Waals surface area contributed by atoms with Crippen molar-refractivity contribution in [1.29, 1.82) is 0 Å². The summed E-state index contributed by atoms with van der Waals surface area (Å²) in [5.41, 5.74) is 2.75. The van der Waals surface area contributed by atoms with Crippen LogP contribution < -0.4 is 9.47 Å². The van der Waals surface area contributed by atoms with Crippen LogP contribution in [0.5, 0.6) is 11.5 Å². The Balaban J connectivity index is 1.56. The van der Waals surface area contributed by atoms with Crippen molar-refractivity contribution in [2.75, 3.05) is 0 Å². The van der Waals surface area contributed by atoms with Gasteiger partial charge in [-0.05, 0) is 46.7 Å². The quantitative estimate of drug-likeness (QED) is 0.314. The third kappa shape index (κ3) is 4.62. The van der Waals surface area contributed by atoms with Gasteiger partial charge in [-0.1, -0.05) is 80.1 Å². The van der Waals surface area contributed by atoms with Gasteiger partial charge in [0.2, 0.25) is 0 Å². The largest absolute Gasteiger partial charge is 0.488 e. The monoisotopic (exact) mass is 400 g/mol. The van der Waals surface area contributed by atoms with Gasteiger partial charge in [0.05, 0.1) is 0 Å². The van der Waals surface area contributed by atoms with E-state index in [-0.39, 0.29) is 12.4 Å². The van der Waals surface area contributed by atoms with Gasteiger partial charge < -0.3 is 9.47 Å². The van der Waals surface area contributed by atoms with Gasteiger partial charge in [0.15, 0.2) is 11.6 Å². The smallest absolute Gasteiger partial charge is 0.168 e. The number of ether oxygens (including phenoxy) is 2. The van der Waals surface area contributed by atoms with Crippen molar-refractivity contribution in [2.45, 2.75) is 33.0 Å². The van der Waals surface area contributed by atoms with Gasteiger partial charge in [0.1, 0.15) is 19.0 Å². The standard InChI is InChI=1S/C27H25FO2/c1-2-9-22-13-8-15-25(27(22)28)29-19-21-16-23-12-6-7-14-24(23)26(17-21)30-18-20-10-4-3-5-11-20/h3-8,10-17H,2,9,18-19H2,1H3. The van der Waals surface area contributed by atoms with Crippen LogP contribution in [-0.2, 0) is 19.6 Å². The highest BCUT2D eigenvalue weighted by Crippen LogP contribution is 2.30. The molecule has 0 aliphatic carbocycles. The molecule has 0 saturated heterocycles. The Morgan fingerprint density at radius 1 is 0.700 bits per heavy atom. The fraction of sp³-hybridized carbons (Fsp3) is 0.185. The molecule has 152 valence electrons. The molecule has 0 amide bonds. The van der Waals surface area contributed by atoms with Crippen molar-refractivity contribution >= 4 is 10.8 Å². The maximum absolute atomic E-state index is 14.7. The molecule has 2 nitrogen and oxygen atoms in total. The predicted molar refractivity (Wildman–Crippen MR) is 119 cm³/mol. The summed E-state index contributed by atoms with van der Waals surface area (Å²) in [6.45, 7) is 2.81. The molecule has 4 aromatic rings. The zero-order valence-corrected chi connectivity index (χ0v) is 17.1. The molecule has 0 radical (unpaired) electrons. The third-order valence-electron chi connectivity index (χ3n) is 5.08. The van der Waals surface area contributed by atoms with E-state index in [1.807, 2.05) is 73.7 Å². The first-order chi connectivity index (χ1) is 14.7. The molecule has 4 rings (SSSR count). The summed E-state index contributed by atoms with van der Waals surface area (Å²) in [6.07, 6.45) is 1.60. The van der Waals surface area contributed by atoms with Crippen molar-refractivity contribution in [2.24, 2.45) is 0 Å². The number of benzene rings is 4. The zero-order chi connectivity index (χ0) is 20.8. The van der Waals surface area contributed by atoms with Crippen LogP contribution in [0.1, 0.15) is 30.0 Å². The lowest BCUT2D eigenvalue weighted by Gasteiger charge is -2.14. The molecule has 0 bridgehead atoms. The zero-order valence-electron chi connectivity index (χ0n) is 17.1. The highest BCUT2D eigenvalue weighted by atomic mass is 19.1. The Morgan fingerprint density at radius 3 is 2.27 bits per heavy atom. The van der Waals surface area contributed by atoms with Gasteiger partial charge in [-0.2, -0.15) is 0 Å². The van der Waals surface area contributed by atoms with Crippen molar-refractivity contribution in [1.82, 2.24) is 0 Å². The fourth-order valence-corrected chi connectivity index (χ4v) is 3.56. The molecule has 0 spiro atoms. The van der Waals surface area contributed by atoms with Crippen LogP contribution in [0.4, 0.5) is 4.39 Å². The number of halogens is 1. The van der Waals surface area contributed by atoms with E-state index in [4.69, 9.17) is 9.47 Å². The molecule has 4 aromatic carbocycles. The Labute approximate surface area is 176 Å². The Kier molecular flexibility index (Phi) is 6.29. The average molecular weight is 400 g/mol. The van der Waals surface area contributed by atoms with Gasteiger partial charge in [-0.25, -0.2) is 4.39 Å². The second kappa shape index (κ2) is 9.45. The Morgan fingerprint density at radius 2 is 1.43 bits per heavy atom. The average Bonchev–Trinajstić information content (AvgIpc) is 2.79. The molecule has 0 fully saturated rings. The Hall–Kier alpha value is -3.33. The van der Waals surface area contributed by atoms with Crippen LogP contribution >= 0.6 is 0 Å². The van der Waals surface area contributed by atoms with E-state index >= 15 is 0 Å². The Bertz CT molecular complexity index is 1120. The number of aryl methyl sites for hydroxylation is 1. The SMILES string of the molecule is CCCc1cccc(OCc2cc(OCc3ccccc3)c3ccccc3c2)c1F. The normalized spacial score (nSPS) is 10.9. The fourth-order valence-electron chi connectivity index (χ4n) is 3.56. The molecule has 0 N–H and O–H groups in total. The molecule has 0 saturated carbocycles. The van der Waals surface area contributed by atoms with Crippen LogP contribution in [0, 0.1) is 5.82 Å². The van der Waals surface area contributed by atoms with E-state index < -0.39 is 0 Å². The summed E-state index contributed by atoms with van der Waals surface area (Å²) >= 11 is 0.